The maximum absolute atomic E-state index is 6.82. The molecule has 0 N–H and O–H groups in total. The number of pyridine rings is 1. The van der Waals surface area contributed by atoms with Crippen LogP contribution >= 0.6 is 0 Å². The summed E-state index contributed by atoms with van der Waals surface area (Å²) in [7, 11) is 0. The highest BCUT2D eigenvalue weighted by molar-refractivity contribution is 6.29. The summed E-state index contributed by atoms with van der Waals surface area (Å²) in [5, 5.41) is 7.98. The Hall–Kier alpha value is -9.06. The first-order valence-electron chi connectivity index (χ1n) is 22.5. The fourth-order valence-electron chi connectivity index (χ4n) is 9.74. The molecule has 0 fully saturated rings. The molecular weight excluding hydrogens is 817 g/mol. The minimum absolute atomic E-state index is 0.636. The van der Waals surface area contributed by atoms with Crippen LogP contribution in [0, 0.1) is 0 Å². The van der Waals surface area contributed by atoms with Crippen LogP contribution < -0.4 is 0 Å². The second-order valence-electron chi connectivity index (χ2n) is 16.9. The average Bonchev–Trinajstić information content (AvgIpc) is 3.80. The largest absolute Gasteiger partial charge is 0.455 e. The first-order valence-corrected chi connectivity index (χ1v) is 22.5. The van der Waals surface area contributed by atoms with Gasteiger partial charge in [0.25, 0.3) is 0 Å². The summed E-state index contributed by atoms with van der Waals surface area (Å²) < 4.78 is 6.82. The normalized spacial score (nSPS) is 11.6. The van der Waals surface area contributed by atoms with E-state index in [0.717, 1.165) is 99.4 Å². The molecule has 0 unspecified atom stereocenters. The maximum atomic E-state index is 6.82. The Kier molecular flexibility index (Phi) is 9.10. The monoisotopic (exact) mass is 854 g/mol. The van der Waals surface area contributed by atoms with E-state index in [1.54, 1.807) is 0 Å². The first kappa shape index (κ1) is 38.4. The predicted molar refractivity (Wildman–Crippen MR) is 275 cm³/mol. The molecule has 0 aliphatic carbocycles. The number of aromatic nitrogens is 4. The SMILES string of the molecule is c1ccc(-c2nc(-c3ccccc3)nc(-c3ccc(-c4ccc(-c5ccc(-c6cccc7c6oc6ccc8c(-c9ccccc9)nc9ccccc9c8c67)cc5)c5ccccc45)cc3)n2)cc1. The van der Waals surface area contributed by atoms with Crippen molar-refractivity contribution >= 4 is 54.4 Å². The molecule has 13 aromatic rings. The molecule has 5 heteroatoms. The van der Waals surface area contributed by atoms with Crippen molar-refractivity contribution in [2.75, 3.05) is 0 Å². The molecular formula is C62H38N4O. The maximum Gasteiger partial charge on any atom is 0.164 e. The van der Waals surface area contributed by atoms with Crippen molar-refractivity contribution in [1.29, 1.82) is 0 Å². The van der Waals surface area contributed by atoms with Gasteiger partial charge in [0.2, 0.25) is 0 Å². The topological polar surface area (TPSA) is 64.7 Å². The molecule has 0 amide bonds. The molecule has 13 rings (SSSR count). The van der Waals surface area contributed by atoms with Gasteiger partial charge in [-0.25, -0.2) is 19.9 Å². The lowest BCUT2D eigenvalue weighted by atomic mass is 9.91. The molecule has 67 heavy (non-hydrogen) atoms. The van der Waals surface area contributed by atoms with E-state index in [-0.39, 0.29) is 0 Å². The zero-order chi connectivity index (χ0) is 44.3. The van der Waals surface area contributed by atoms with Crippen LogP contribution in [0.1, 0.15) is 0 Å². The lowest BCUT2D eigenvalue weighted by molar-refractivity contribution is 0.670. The highest BCUT2D eigenvalue weighted by atomic mass is 16.3. The van der Waals surface area contributed by atoms with Gasteiger partial charge in [-0.2, -0.15) is 0 Å². The van der Waals surface area contributed by atoms with Crippen LogP contribution in [0.25, 0.3) is 133 Å². The molecule has 0 atom stereocenters. The summed E-state index contributed by atoms with van der Waals surface area (Å²) in [4.78, 5) is 20.0. The minimum atomic E-state index is 0.636. The second-order valence-corrected chi connectivity index (χ2v) is 16.9. The molecule has 10 aromatic carbocycles. The fourth-order valence-corrected chi connectivity index (χ4v) is 9.74. The van der Waals surface area contributed by atoms with Gasteiger partial charge >= 0.3 is 0 Å². The van der Waals surface area contributed by atoms with Crippen molar-refractivity contribution in [3.8, 4) is 78.8 Å². The molecule has 3 aromatic heterocycles. The highest BCUT2D eigenvalue weighted by Crippen LogP contribution is 2.44. The molecule has 312 valence electrons. The number of hydrogen-bond acceptors (Lipinski definition) is 5. The molecule has 0 saturated heterocycles. The van der Waals surface area contributed by atoms with Gasteiger partial charge in [0, 0.05) is 54.7 Å². The predicted octanol–water partition coefficient (Wildman–Crippen LogP) is 16.3. The van der Waals surface area contributed by atoms with Crippen molar-refractivity contribution in [2.24, 2.45) is 0 Å². The Balaban J connectivity index is 0.856. The van der Waals surface area contributed by atoms with Crippen molar-refractivity contribution in [3.05, 3.63) is 231 Å². The fraction of sp³-hybridized carbons (Fsp3) is 0. The summed E-state index contributed by atoms with van der Waals surface area (Å²) >= 11 is 0. The Labute approximate surface area is 386 Å². The third-order valence-corrected chi connectivity index (χ3v) is 13.0. The van der Waals surface area contributed by atoms with Crippen molar-refractivity contribution in [2.45, 2.75) is 0 Å². The number of hydrogen-bond donors (Lipinski definition) is 0. The van der Waals surface area contributed by atoms with Crippen LogP contribution in [-0.4, -0.2) is 19.9 Å². The first-order chi connectivity index (χ1) is 33.2. The Morgan fingerprint density at radius 3 is 1.27 bits per heavy atom. The van der Waals surface area contributed by atoms with E-state index in [9.17, 15) is 0 Å². The van der Waals surface area contributed by atoms with Gasteiger partial charge in [-0.3, -0.25) is 0 Å². The van der Waals surface area contributed by atoms with Crippen LogP contribution in [-0.2, 0) is 0 Å². The van der Waals surface area contributed by atoms with Crippen molar-refractivity contribution < 1.29 is 4.42 Å². The van der Waals surface area contributed by atoms with Gasteiger partial charge in [0.15, 0.2) is 17.5 Å². The minimum Gasteiger partial charge on any atom is -0.455 e. The van der Waals surface area contributed by atoms with E-state index in [1.807, 2.05) is 66.7 Å². The van der Waals surface area contributed by atoms with Crippen LogP contribution in [0.2, 0.25) is 0 Å². The van der Waals surface area contributed by atoms with Crippen LogP contribution in [0.4, 0.5) is 0 Å². The number of fused-ring (bicyclic) bond motifs is 8. The summed E-state index contributed by atoms with van der Waals surface area (Å²) in [6, 6.07) is 80.5. The molecule has 0 spiro atoms. The molecule has 5 nitrogen and oxygen atoms in total. The van der Waals surface area contributed by atoms with Gasteiger partial charge in [-0.1, -0.05) is 212 Å². The molecule has 0 radical (unpaired) electrons. The zero-order valence-corrected chi connectivity index (χ0v) is 36.1. The zero-order valence-electron chi connectivity index (χ0n) is 36.1. The van der Waals surface area contributed by atoms with Crippen LogP contribution in [0.5, 0.6) is 0 Å². The Bertz CT molecular complexity index is 3940. The Morgan fingerprint density at radius 1 is 0.254 bits per heavy atom. The molecule has 3 heterocycles. The third-order valence-electron chi connectivity index (χ3n) is 13.0. The van der Waals surface area contributed by atoms with E-state index >= 15 is 0 Å². The molecule has 0 bridgehead atoms. The van der Waals surface area contributed by atoms with Gasteiger partial charge in [-0.05, 0) is 56.8 Å². The lowest BCUT2D eigenvalue weighted by Gasteiger charge is -2.13. The molecule has 0 aliphatic rings. The lowest BCUT2D eigenvalue weighted by Crippen LogP contribution is -2.00. The van der Waals surface area contributed by atoms with E-state index < -0.39 is 0 Å². The molecule has 0 saturated carbocycles. The number of nitrogens with zero attached hydrogens (tertiary/aromatic N) is 4. The van der Waals surface area contributed by atoms with E-state index in [4.69, 9.17) is 24.4 Å². The van der Waals surface area contributed by atoms with Gasteiger partial charge in [0.05, 0.1) is 11.2 Å². The third kappa shape index (κ3) is 6.64. The van der Waals surface area contributed by atoms with E-state index in [0.29, 0.717) is 17.5 Å². The quantitative estimate of drug-likeness (QED) is 0.149. The van der Waals surface area contributed by atoms with Gasteiger partial charge in [-0.15, -0.1) is 0 Å². The summed E-state index contributed by atoms with van der Waals surface area (Å²) in [6.45, 7) is 0. The summed E-state index contributed by atoms with van der Waals surface area (Å²) in [5.41, 5.74) is 14.4. The van der Waals surface area contributed by atoms with Crippen LogP contribution in [0.3, 0.4) is 0 Å². The number of rotatable bonds is 7. The average molecular weight is 855 g/mol. The number of furan rings is 1. The van der Waals surface area contributed by atoms with Gasteiger partial charge < -0.3 is 4.42 Å². The second kappa shape index (κ2) is 15.9. The van der Waals surface area contributed by atoms with Gasteiger partial charge in [0.1, 0.15) is 11.2 Å². The number of para-hydroxylation sites is 2. The number of benzene rings is 10. The van der Waals surface area contributed by atoms with Crippen molar-refractivity contribution in [1.82, 2.24) is 19.9 Å². The summed E-state index contributed by atoms with van der Waals surface area (Å²) in [5.74, 6) is 1.93. The van der Waals surface area contributed by atoms with E-state index in [2.05, 4.69) is 164 Å². The van der Waals surface area contributed by atoms with Crippen molar-refractivity contribution in [3.63, 3.8) is 0 Å². The smallest absolute Gasteiger partial charge is 0.164 e. The van der Waals surface area contributed by atoms with Crippen LogP contribution in [0.15, 0.2) is 235 Å². The van der Waals surface area contributed by atoms with E-state index in [1.165, 1.54) is 16.3 Å². The standard InChI is InChI=1S/C62H38N4O/c1-4-15-42(16-5-1)58-52-37-38-55-57(56(52)51-23-12-13-26-54(51)63-58)53-25-14-24-48(59(53)67-55)41-29-27-39(28-30-41)46-35-36-47(50-22-11-10-21-49(46)50)40-31-33-45(34-32-40)62-65-60(43-17-6-2-7-18-43)64-61(66-62)44-19-8-3-9-20-44/h1-38H. The molecule has 0 aliphatic heterocycles. The Morgan fingerprint density at radius 2 is 0.701 bits per heavy atom. The highest BCUT2D eigenvalue weighted by Gasteiger charge is 2.20. The summed E-state index contributed by atoms with van der Waals surface area (Å²) in [6.07, 6.45) is 0.